The SMILES string of the molecule is Cc1cnc(NC(=O)c2ccncc2O)s1. The molecule has 0 aliphatic carbocycles. The topological polar surface area (TPSA) is 75.1 Å². The molecule has 6 heteroatoms. The van der Waals surface area contributed by atoms with Gasteiger partial charge >= 0.3 is 0 Å². The zero-order valence-corrected chi connectivity index (χ0v) is 9.28. The van der Waals surface area contributed by atoms with Crippen LogP contribution in [0.1, 0.15) is 15.2 Å². The Kier molecular flexibility index (Phi) is 2.82. The monoisotopic (exact) mass is 235 g/mol. The average Bonchev–Trinajstić information content (AvgIpc) is 2.64. The Morgan fingerprint density at radius 2 is 2.31 bits per heavy atom. The van der Waals surface area contributed by atoms with Crippen LogP contribution < -0.4 is 5.32 Å². The maximum Gasteiger partial charge on any atom is 0.261 e. The van der Waals surface area contributed by atoms with Crippen molar-refractivity contribution in [3.8, 4) is 5.75 Å². The van der Waals surface area contributed by atoms with Crippen molar-refractivity contribution in [2.24, 2.45) is 0 Å². The minimum Gasteiger partial charge on any atom is -0.505 e. The molecule has 2 aromatic heterocycles. The van der Waals surface area contributed by atoms with Crippen LogP contribution in [0.5, 0.6) is 5.75 Å². The number of aromatic hydroxyl groups is 1. The number of amides is 1. The molecule has 2 aromatic rings. The van der Waals surface area contributed by atoms with Crippen molar-refractivity contribution < 1.29 is 9.90 Å². The predicted molar refractivity (Wildman–Crippen MR) is 60.7 cm³/mol. The molecule has 0 aliphatic rings. The van der Waals surface area contributed by atoms with Gasteiger partial charge in [-0.2, -0.15) is 0 Å². The zero-order chi connectivity index (χ0) is 11.5. The minimum atomic E-state index is -0.394. The number of aromatic nitrogens is 2. The number of thiazole rings is 1. The van der Waals surface area contributed by atoms with Gasteiger partial charge in [-0.15, -0.1) is 11.3 Å². The minimum absolute atomic E-state index is 0.145. The molecule has 0 aliphatic heterocycles. The van der Waals surface area contributed by atoms with Crippen molar-refractivity contribution >= 4 is 22.4 Å². The first-order valence-corrected chi connectivity index (χ1v) is 5.35. The number of hydrogen-bond donors (Lipinski definition) is 2. The molecule has 0 saturated heterocycles. The maximum atomic E-state index is 11.7. The third-order valence-electron chi connectivity index (χ3n) is 1.89. The van der Waals surface area contributed by atoms with Gasteiger partial charge in [0.25, 0.3) is 5.91 Å². The summed E-state index contributed by atoms with van der Waals surface area (Å²) < 4.78 is 0. The fourth-order valence-electron chi connectivity index (χ4n) is 1.16. The molecule has 0 aromatic carbocycles. The smallest absolute Gasteiger partial charge is 0.261 e. The fourth-order valence-corrected chi connectivity index (χ4v) is 1.81. The van der Waals surface area contributed by atoms with E-state index in [9.17, 15) is 9.90 Å². The van der Waals surface area contributed by atoms with E-state index in [4.69, 9.17) is 0 Å². The van der Waals surface area contributed by atoms with Crippen LogP contribution in [0.25, 0.3) is 0 Å². The van der Waals surface area contributed by atoms with Crippen molar-refractivity contribution in [1.29, 1.82) is 0 Å². The van der Waals surface area contributed by atoms with E-state index < -0.39 is 5.91 Å². The zero-order valence-electron chi connectivity index (χ0n) is 8.47. The van der Waals surface area contributed by atoms with Crippen LogP contribution in [0.4, 0.5) is 5.13 Å². The first-order chi connectivity index (χ1) is 7.66. The van der Waals surface area contributed by atoms with E-state index in [1.807, 2.05) is 6.92 Å². The number of carbonyl (C=O) groups excluding carboxylic acids is 1. The Hall–Kier alpha value is -1.95. The lowest BCUT2D eigenvalue weighted by Gasteiger charge is -2.02. The highest BCUT2D eigenvalue weighted by molar-refractivity contribution is 7.15. The van der Waals surface area contributed by atoms with Gasteiger partial charge in [0.05, 0.1) is 11.8 Å². The molecule has 0 atom stereocenters. The van der Waals surface area contributed by atoms with Gasteiger partial charge in [0, 0.05) is 17.3 Å². The quantitative estimate of drug-likeness (QED) is 0.832. The summed E-state index contributed by atoms with van der Waals surface area (Å²) in [7, 11) is 0. The molecule has 5 nitrogen and oxygen atoms in total. The van der Waals surface area contributed by atoms with E-state index in [0.717, 1.165) is 4.88 Å². The van der Waals surface area contributed by atoms with Crippen LogP contribution in [-0.4, -0.2) is 21.0 Å². The normalized spacial score (nSPS) is 10.1. The van der Waals surface area contributed by atoms with E-state index in [1.54, 1.807) is 6.20 Å². The largest absolute Gasteiger partial charge is 0.505 e. The van der Waals surface area contributed by atoms with E-state index in [2.05, 4.69) is 15.3 Å². The highest BCUT2D eigenvalue weighted by Crippen LogP contribution is 2.20. The molecule has 0 radical (unpaired) electrons. The number of hydrogen-bond acceptors (Lipinski definition) is 5. The number of rotatable bonds is 2. The van der Waals surface area contributed by atoms with E-state index in [0.29, 0.717) is 5.13 Å². The summed E-state index contributed by atoms with van der Waals surface area (Å²) in [6.45, 7) is 1.90. The molecular weight excluding hydrogens is 226 g/mol. The number of aryl methyl sites for hydroxylation is 1. The summed E-state index contributed by atoms with van der Waals surface area (Å²) in [5, 5.41) is 12.5. The lowest BCUT2D eigenvalue weighted by atomic mass is 10.2. The van der Waals surface area contributed by atoms with Crippen molar-refractivity contribution in [1.82, 2.24) is 9.97 Å². The van der Waals surface area contributed by atoms with Crippen LogP contribution in [0.2, 0.25) is 0 Å². The van der Waals surface area contributed by atoms with Gasteiger partial charge in [-0.05, 0) is 13.0 Å². The number of carbonyl (C=O) groups is 1. The second-order valence-corrected chi connectivity index (χ2v) is 4.36. The predicted octanol–water partition coefficient (Wildman–Crippen LogP) is 1.80. The van der Waals surface area contributed by atoms with Crippen molar-refractivity contribution in [3.63, 3.8) is 0 Å². The molecule has 2 N–H and O–H groups in total. The van der Waals surface area contributed by atoms with Gasteiger partial charge in [-0.3, -0.25) is 15.1 Å². The second-order valence-electron chi connectivity index (χ2n) is 3.12. The molecule has 0 saturated carbocycles. The third-order valence-corrected chi connectivity index (χ3v) is 2.71. The summed E-state index contributed by atoms with van der Waals surface area (Å²) in [4.78, 5) is 20.4. The third kappa shape index (κ3) is 2.17. The second kappa shape index (κ2) is 4.28. The number of anilines is 1. The van der Waals surface area contributed by atoms with Crippen LogP contribution in [-0.2, 0) is 0 Å². The molecule has 0 fully saturated rings. The van der Waals surface area contributed by atoms with Crippen LogP contribution in [0.15, 0.2) is 24.7 Å². The standard InChI is InChI=1S/C10H9N3O2S/c1-6-4-12-10(16-6)13-9(15)7-2-3-11-5-8(7)14/h2-5,14H,1H3,(H,12,13,15). The van der Waals surface area contributed by atoms with Crippen molar-refractivity contribution in [2.45, 2.75) is 6.92 Å². The first-order valence-electron chi connectivity index (χ1n) is 4.53. The molecule has 0 unspecified atom stereocenters. The molecule has 82 valence electrons. The van der Waals surface area contributed by atoms with Gasteiger partial charge in [0.2, 0.25) is 0 Å². The van der Waals surface area contributed by atoms with E-state index in [1.165, 1.54) is 29.8 Å². The lowest BCUT2D eigenvalue weighted by Crippen LogP contribution is -2.11. The maximum absolute atomic E-state index is 11.7. The fraction of sp³-hybridized carbons (Fsp3) is 0.100. The van der Waals surface area contributed by atoms with Crippen LogP contribution in [0.3, 0.4) is 0 Å². The molecule has 2 heterocycles. The summed E-state index contributed by atoms with van der Waals surface area (Å²) in [6.07, 6.45) is 4.34. The molecule has 0 spiro atoms. The van der Waals surface area contributed by atoms with Crippen LogP contribution >= 0.6 is 11.3 Å². The summed E-state index contributed by atoms with van der Waals surface area (Å²) in [6, 6.07) is 1.45. The van der Waals surface area contributed by atoms with Gasteiger partial charge in [-0.1, -0.05) is 0 Å². The summed E-state index contributed by atoms with van der Waals surface area (Å²) in [5.41, 5.74) is 0.183. The lowest BCUT2D eigenvalue weighted by molar-refractivity contribution is 0.102. The van der Waals surface area contributed by atoms with Gasteiger partial charge < -0.3 is 5.11 Å². The summed E-state index contributed by atoms with van der Waals surface area (Å²) in [5.74, 6) is -0.539. The van der Waals surface area contributed by atoms with Gasteiger partial charge in [0.1, 0.15) is 5.75 Å². The van der Waals surface area contributed by atoms with E-state index >= 15 is 0 Å². The first kappa shape index (κ1) is 10.6. The molecule has 0 bridgehead atoms. The van der Waals surface area contributed by atoms with Gasteiger partial charge in [0.15, 0.2) is 5.13 Å². The Labute approximate surface area is 95.8 Å². The average molecular weight is 235 g/mol. The number of nitrogens with one attached hydrogen (secondary N) is 1. The highest BCUT2D eigenvalue weighted by Gasteiger charge is 2.12. The summed E-state index contributed by atoms with van der Waals surface area (Å²) >= 11 is 1.38. The Morgan fingerprint density at radius 1 is 1.50 bits per heavy atom. The Bertz CT molecular complexity index is 524. The molecule has 1 amide bonds. The van der Waals surface area contributed by atoms with Crippen LogP contribution in [0, 0.1) is 6.92 Å². The van der Waals surface area contributed by atoms with E-state index in [-0.39, 0.29) is 11.3 Å². The van der Waals surface area contributed by atoms with Gasteiger partial charge in [-0.25, -0.2) is 4.98 Å². The number of nitrogens with zero attached hydrogens (tertiary/aromatic N) is 2. The molecule has 2 rings (SSSR count). The highest BCUT2D eigenvalue weighted by atomic mass is 32.1. The molecule has 16 heavy (non-hydrogen) atoms. The molecular formula is C10H9N3O2S. The Balaban J connectivity index is 2.18. The van der Waals surface area contributed by atoms with Crippen molar-refractivity contribution in [3.05, 3.63) is 35.1 Å². The Morgan fingerprint density at radius 3 is 2.94 bits per heavy atom. The number of pyridine rings is 1. The van der Waals surface area contributed by atoms with Crippen molar-refractivity contribution in [2.75, 3.05) is 5.32 Å².